The number of ether oxygens (including phenoxy) is 2. The van der Waals surface area contributed by atoms with Crippen LogP contribution in [0.25, 0.3) is 11.0 Å². The maximum Gasteiger partial charge on any atom is 0.375 e. The Hall–Kier alpha value is -2.83. The van der Waals surface area contributed by atoms with Crippen molar-refractivity contribution < 1.29 is 28.3 Å². The van der Waals surface area contributed by atoms with Gasteiger partial charge in [-0.1, -0.05) is 18.2 Å². The monoisotopic (exact) mass is 373 g/mol. The highest BCUT2D eigenvalue weighted by atomic mass is 16.6. The Morgan fingerprint density at radius 1 is 1.19 bits per heavy atom. The Kier molecular flexibility index (Phi) is 5.78. The maximum absolute atomic E-state index is 12.5. The molecule has 144 valence electrons. The third-order valence-corrected chi connectivity index (χ3v) is 4.74. The molecule has 1 saturated heterocycles. The number of fused-ring (bicyclic) bond motifs is 1. The number of piperidine rings is 1. The zero-order chi connectivity index (χ0) is 19.4. The first-order valence-corrected chi connectivity index (χ1v) is 9.14. The van der Waals surface area contributed by atoms with Crippen LogP contribution in [0.15, 0.2) is 28.7 Å². The van der Waals surface area contributed by atoms with Crippen LogP contribution in [0.1, 0.15) is 42.3 Å². The van der Waals surface area contributed by atoms with Crippen LogP contribution in [-0.4, -0.2) is 48.5 Å². The fourth-order valence-electron chi connectivity index (χ4n) is 3.36. The summed E-state index contributed by atoms with van der Waals surface area (Å²) in [5, 5.41) is 0.828. The Morgan fingerprint density at radius 2 is 1.96 bits per heavy atom. The highest BCUT2D eigenvalue weighted by Crippen LogP contribution is 2.25. The first kappa shape index (κ1) is 18.9. The standard InChI is InChI=1S/C20H23NO6/c1-3-25-19(23)15-9-6-7-11-21(15)17(22)12-26-20(24)18-13(2)14-8-4-5-10-16(14)27-18/h4-5,8,10,15H,3,6-7,9,11-12H2,1-2H3/t15-/m1/s1. The fraction of sp³-hybridized carbons (Fsp3) is 0.450. The molecule has 1 aromatic carbocycles. The van der Waals surface area contributed by atoms with Crippen molar-refractivity contribution in [3.05, 3.63) is 35.6 Å². The van der Waals surface area contributed by atoms with E-state index in [1.807, 2.05) is 18.2 Å². The number of para-hydroxylation sites is 1. The van der Waals surface area contributed by atoms with E-state index in [2.05, 4.69) is 0 Å². The number of amides is 1. The number of likely N-dealkylation sites (tertiary alicyclic amines) is 1. The third-order valence-electron chi connectivity index (χ3n) is 4.74. The molecule has 0 bridgehead atoms. The summed E-state index contributed by atoms with van der Waals surface area (Å²) in [5.41, 5.74) is 1.26. The number of hydrogen-bond donors (Lipinski definition) is 0. The van der Waals surface area contributed by atoms with Crippen molar-refractivity contribution in [2.45, 2.75) is 39.2 Å². The van der Waals surface area contributed by atoms with Gasteiger partial charge in [0.2, 0.25) is 5.76 Å². The number of esters is 2. The number of aryl methyl sites for hydroxylation is 1. The molecule has 0 saturated carbocycles. The van der Waals surface area contributed by atoms with Gasteiger partial charge in [-0.15, -0.1) is 0 Å². The van der Waals surface area contributed by atoms with E-state index in [4.69, 9.17) is 13.9 Å². The summed E-state index contributed by atoms with van der Waals surface area (Å²) in [6.45, 7) is 3.77. The molecule has 0 N–H and O–H groups in total. The number of furan rings is 1. The maximum atomic E-state index is 12.5. The van der Waals surface area contributed by atoms with Crippen LogP contribution in [0.3, 0.4) is 0 Å². The lowest BCUT2D eigenvalue weighted by Crippen LogP contribution is -2.50. The molecule has 3 rings (SSSR count). The Labute approximate surface area is 157 Å². The van der Waals surface area contributed by atoms with Gasteiger partial charge in [0.15, 0.2) is 6.61 Å². The SMILES string of the molecule is CCOC(=O)[C@H]1CCCCN1C(=O)COC(=O)c1oc2ccccc2c1C. The first-order valence-electron chi connectivity index (χ1n) is 9.14. The molecule has 2 heterocycles. The second-order valence-electron chi connectivity index (χ2n) is 6.48. The molecule has 27 heavy (non-hydrogen) atoms. The molecule has 1 amide bonds. The number of nitrogens with zero attached hydrogens (tertiary/aromatic N) is 1. The third kappa shape index (κ3) is 3.97. The van der Waals surface area contributed by atoms with Crippen LogP contribution >= 0.6 is 0 Å². The van der Waals surface area contributed by atoms with Crippen LogP contribution in [-0.2, 0) is 19.1 Å². The van der Waals surface area contributed by atoms with E-state index in [-0.39, 0.29) is 12.4 Å². The molecular weight excluding hydrogens is 350 g/mol. The molecule has 2 aromatic rings. The summed E-state index contributed by atoms with van der Waals surface area (Å²) >= 11 is 0. The molecule has 7 nitrogen and oxygen atoms in total. The summed E-state index contributed by atoms with van der Waals surface area (Å²) in [6.07, 6.45) is 2.21. The van der Waals surface area contributed by atoms with Crippen molar-refractivity contribution in [1.29, 1.82) is 0 Å². The average Bonchev–Trinajstić information content (AvgIpc) is 3.03. The van der Waals surface area contributed by atoms with E-state index >= 15 is 0 Å². The molecule has 0 radical (unpaired) electrons. The molecule has 0 aliphatic carbocycles. The number of carbonyl (C=O) groups excluding carboxylic acids is 3. The average molecular weight is 373 g/mol. The Balaban J connectivity index is 1.65. The zero-order valence-corrected chi connectivity index (χ0v) is 15.5. The van der Waals surface area contributed by atoms with Gasteiger partial charge in [0.05, 0.1) is 6.61 Å². The van der Waals surface area contributed by atoms with Gasteiger partial charge in [0, 0.05) is 17.5 Å². The molecule has 1 atom stereocenters. The van der Waals surface area contributed by atoms with E-state index in [0.29, 0.717) is 24.1 Å². The van der Waals surface area contributed by atoms with Crippen LogP contribution in [0.2, 0.25) is 0 Å². The van der Waals surface area contributed by atoms with Crippen molar-refractivity contribution >= 4 is 28.8 Å². The van der Waals surface area contributed by atoms with Crippen LogP contribution in [0.5, 0.6) is 0 Å². The van der Waals surface area contributed by atoms with Crippen LogP contribution in [0, 0.1) is 6.92 Å². The molecular formula is C20H23NO6. The van der Waals surface area contributed by atoms with Gasteiger partial charge < -0.3 is 18.8 Å². The molecule has 1 aromatic heterocycles. The van der Waals surface area contributed by atoms with Gasteiger partial charge in [0.25, 0.3) is 5.91 Å². The second kappa shape index (κ2) is 8.24. The minimum absolute atomic E-state index is 0.0876. The minimum atomic E-state index is -0.693. The molecule has 1 fully saturated rings. The van der Waals surface area contributed by atoms with Gasteiger partial charge >= 0.3 is 11.9 Å². The van der Waals surface area contributed by atoms with Gasteiger partial charge in [-0.05, 0) is 39.2 Å². The minimum Gasteiger partial charge on any atom is -0.464 e. The number of carbonyl (C=O) groups is 3. The van der Waals surface area contributed by atoms with E-state index in [1.165, 1.54) is 4.90 Å². The lowest BCUT2D eigenvalue weighted by atomic mass is 10.0. The fourth-order valence-corrected chi connectivity index (χ4v) is 3.36. The van der Waals surface area contributed by atoms with Gasteiger partial charge in [0.1, 0.15) is 11.6 Å². The zero-order valence-electron chi connectivity index (χ0n) is 15.5. The smallest absolute Gasteiger partial charge is 0.375 e. The van der Waals surface area contributed by atoms with Gasteiger partial charge in [-0.2, -0.15) is 0 Å². The van der Waals surface area contributed by atoms with Gasteiger partial charge in [-0.25, -0.2) is 9.59 Å². The number of benzene rings is 1. The van der Waals surface area contributed by atoms with Crippen LogP contribution < -0.4 is 0 Å². The molecule has 1 aliphatic heterocycles. The molecule has 1 aliphatic rings. The van der Waals surface area contributed by atoms with E-state index in [9.17, 15) is 14.4 Å². The highest BCUT2D eigenvalue weighted by Gasteiger charge is 2.33. The van der Waals surface area contributed by atoms with Crippen molar-refractivity contribution in [2.75, 3.05) is 19.8 Å². The molecule has 0 unspecified atom stereocenters. The van der Waals surface area contributed by atoms with E-state index < -0.39 is 30.5 Å². The summed E-state index contributed by atoms with van der Waals surface area (Å²) in [5.74, 6) is -1.42. The molecule has 0 spiro atoms. The van der Waals surface area contributed by atoms with Crippen molar-refractivity contribution in [3.8, 4) is 0 Å². The molecule has 7 heteroatoms. The van der Waals surface area contributed by atoms with E-state index in [1.54, 1.807) is 19.9 Å². The predicted molar refractivity (Wildman–Crippen MR) is 97.2 cm³/mol. The summed E-state index contributed by atoms with van der Waals surface area (Å²) < 4.78 is 15.8. The predicted octanol–water partition coefficient (Wildman–Crippen LogP) is 2.84. The first-order chi connectivity index (χ1) is 13.0. The lowest BCUT2D eigenvalue weighted by Gasteiger charge is -2.33. The quantitative estimate of drug-likeness (QED) is 0.749. The Bertz CT molecular complexity index is 855. The summed E-state index contributed by atoms with van der Waals surface area (Å²) in [6, 6.07) is 6.68. The largest absolute Gasteiger partial charge is 0.464 e. The van der Waals surface area contributed by atoms with E-state index in [0.717, 1.165) is 18.2 Å². The van der Waals surface area contributed by atoms with Gasteiger partial charge in [-0.3, -0.25) is 4.79 Å². The summed E-state index contributed by atoms with van der Waals surface area (Å²) in [7, 11) is 0. The normalized spacial score (nSPS) is 17.0. The van der Waals surface area contributed by atoms with Crippen molar-refractivity contribution in [2.24, 2.45) is 0 Å². The Morgan fingerprint density at radius 3 is 2.70 bits per heavy atom. The topological polar surface area (TPSA) is 86.0 Å². The highest BCUT2D eigenvalue weighted by molar-refractivity contribution is 5.97. The summed E-state index contributed by atoms with van der Waals surface area (Å²) in [4.78, 5) is 38.4. The van der Waals surface area contributed by atoms with Crippen molar-refractivity contribution in [3.63, 3.8) is 0 Å². The number of hydrogen-bond acceptors (Lipinski definition) is 6. The lowest BCUT2D eigenvalue weighted by molar-refractivity contribution is -0.157. The second-order valence-corrected chi connectivity index (χ2v) is 6.48. The van der Waals surface area contributed by atoms with Crippen LogP contribution in [0.4, 0.5) is 0 Å². The number of rotatable bonds is 5. The van der Waals surface area contributed by atoms with Crippen molar-refractivity contribution in [1.82, 2.24) is 4.90 Å².